The summed E-state index contributed by atoms with van der Waals surface area (Å²) >= 11 is 0. The normalized spacial score (nSPS) is 22.6. The molecule has 1 aliphatic rings. The second kappa shape index (κ2) is 5.32. The lowest BCUT2D eigenvalue weighted by molar-refractivity contribution is -0.139. The molecule has 1 saturated heterocycles. The van der Waals surface area contributed by atoms with Gasteiger partial charge in [0.05, 0.1) is 5.92 Å². The highest BCUT2D eigenvalue weighted by Gasteiger charge is 2.30. The van der Waals surface area contributed by atoms with Crippen LogP contribution in [0.15, 0.2) is 30.3 Å². The Hall–Kier alpha value is -1.35. The first-order valence-electron chi connectivity index (χ1n) is 6.27. The van der Waals surface area contributed by atoms with Gasteiger partial charge in [-0.05, 0) is 25.3 Å². The average molecular weight is 232 g/mol. The van der Waals surface area contributed by atoms with Gasteiger partial charge in [0.1, 0.15) is 0 Å². The number of nitrogens with two attached hydrogens (primary N) is 1. The van der Waals surface area contributed by atoms with Crippen LogP contribution in [-0.2, 0) is 11.3 Å². The minimum absolute atomic E-state index is 0.00691. The van der Waals surface area contributed by atoms with Gasteiger partial charge in [-0.15, -0.1) is 0 Å². The molecule has 2 N–H and O–H groups in total. The van der Waals surface area contributed by atoms with E-state index in [1.54, 1.807) is 0 Å². The topological polar surface area (TPSA) is 46.3 Å². The molecule has 0 saturated carbocycles. The summed E-state index contributed by atoms with van der Waals surface area (Å²) in [4.78, 5) is 14.2. The fraction of sp³-hybridized carbons (Fsp3) is 0.500. The van der Waals surface area contributed by atoms with Gasteiger partial charge in [0.2, 0.25) is 5.91 Å². The van der Waals surface area contributed by atoms with Crippen molar-refractivity contribution in [1.29, 1.82) is 0 Å². The van der Waals surface area contributed by atoms with Crippen LogP contribution in [0, 0.1) is 5.92 Å². The maximum Gasteiger partial charge on any atom is 0.227 e. The standard InChI is InChI=1S/C14H20N2O/c1-11(15)13-8-5-9-16(14(13)17)10-12-6-3-2-4-7-12/h2-4,6-7,11,13H,5,8-10,15H2,1H3. The van der Waals surface area contributed by atoms with Gasteiger partial charge >= 0.3 is 0 Å². The molecular formula is C14H20N2O. The molecule has 2 atom stereocenters. The van der Waals surface area contributed by atoms with E-state index in [4.69, 9.17) is 5.73 Å². The summed E-state index contributed by atoms with van der Waals surface area (Å²) in [6.45, 7) is 3.49. The third-order valence-corrected chi connectivity index (χ3v) is 3.42. The van der Waals surface area contributed by atoms with Crippen molar-refractivity contribution in [1.82, 2.24) is 4.90 Å². The summed E-state index contributed by atoms with van der Waals surface area (Å²) in [5.74, 6) is 0.225. The van der Waals surface area contributed by atoms with E-state index in [0.717, 1.165) is 19.4 Å². The Bertz CT molecular complexity index is 375. The number of likely N-dealkylation sites (tertiary alicyclic amines) is 1. The molecule has 0 spiro atoms. The van der Waals surface area contributed by atoms with Crippen LogP contribution in [0.2, 0.25) is 0 Å². The molecule has 1 aromatic carbocycles. The molecule has 3 heteroatoms. The van der Waals surface area contributed by atoms with E-state index in [9.17, 15) is 4.79 Å². The molecule has 1 fully saturated rings. The predicted octanol–water partition coefficient (Wildman–Crippen LogP) is 1.77. The van der Waals surface area contributed by atoms with Crippen molar-refractivity contribution >= 4 is 5.91 Å². The third kappa shape index (κ3) is 2.86. The van der Waals surface area contributed by atoms with Crippen LogP contribution in [0.25, 0.3) is 0 Å². The van der Waals surface area contributed by atoms with Crippen molar-refractivity contribution in [3.05, 3.63) is 35.9 Å². The van der Waals surface area contributed by atoms with Gasteiger partial charge in [0.15, 0.2) is 0 Å². The van der Waals surface area contributed by atoms with Gasteiger partial charge < -0.3 is 10.6 Å². The number of carbonyl (C=O) groups is 1. The van der Waals surface area contributed by atoms with Crippen LogP contribution in [0.3, 0.4) is 0 Å². The molecule has 0 bridgehead atoms. The van der Waals surface area contributed by atoms with Crippen molar-refractivity contribution in [2.24, 2.45) is 11.7 Å². The number of amides is 1. The maximum atomic E-state index is 12.2. The summed E-state index contributed by atoms with van der Waals surface area (Å²) in [5, 5.41) is 0. The number of benzene rings is 1. The summed E-state index contributed by atoms with van der Waals surface area (Å²) < 4.78 is 0. The zero-order valence-corrected chi connectivity index (χ0v) is 10.3. The van der Waals surface area contributed by atoms with Gasteiger partial charge in [-0.1, -0.05) is 30.3 Å². The van der Waals surface area contributed by atoms with Crippen LogP contribution in [-0.4, -0.2) is 23.4 Å². The molecule has 0 aromatic heterocycles. The summed E-state index contributed by atoms with van der Waals surface area (Å²) in [6.07, 6.45) is 1.99. The van der Waals surface area contributed by atoms with E-state index in [0.29, 0.717) is 6.54 Å². The van der Waals surface area contributed by atoms with Crippen molar-refractivity contribution < 1.29 is 4.79 Å². The molecule has 0 aliphatic carbocycles. The molecular weight excluding hydrogens is 212 g/mol. The van der Waals surface area contributed by atoms with E-state index in [1.807, 2.05) is 30.0 Å². The highest BCUT2D eigenvalue weighted by atomic mass is 16.2. The fourth-order valence-corrected chi connectivity index (χ4v) is 2.42. The molecule has 2 rings (SSSR count). The molecule has 3 nitrogen and oxygen atoms in total. The van der Waals surface area contributed by atoms with E-state index >= 15 is 0 Å². The number of hydrogen-bond donors (Lipinski definition) is 1. The Morgan fingerprint density at radius 2 is 2.12 bits per heavy atom. The smallest absolute Gasteiger partial charge is 0.227 e. The summed E-state index contributed by atoms with van der Waals surface area (Å²) in [7, 11) is 0. The molecule has 1 amide bonds. The predicted molar refractivity (Wildman–Crippen MR) is 68.2 cm³/mol. The first-order valence-corrected chi connectivity index (χ1v) is 6.27. The number of piperidine rings is 1. The monoisotopic (exact) mass is 232 g/mol. The summed E-state index contributed by atoms with van der Waals surface area (Å²) in [5.41, 5.74) is 7.05. The van der Waals surface area contributed by atoms with Crippen LogP contribution in [0.4, 0.5) is 0 Å². The number of hydrogen-bond acceptors (Lipinski definition) is 2. The van der Waals surface area contributed by atoms with E-state index < -0.39 is 0 Å². The number of rotatable bonds is 3. The lowest BCUT2D eigenvalue weighted by Crippen LogP contribution is -2.46. The minimum Gasteiger partial charge on any atom is -0.338 e. The zero-order valence-electron chi connectivity index (χ0n) is 10.3. The Morgan fingerprint density at radius 3 is 2.76 bits per heavy atom. The van der Waals surface area contributed by atoms with Gasteiger partial charge in [-0.3, -0.25) is 4.79 Å². The molecule has 0 radical (unpaired) electrons. The highest BCUT2D eigenvalue weighted by Crippen LogP contribution is 2.21. The average Bonchev–Trinajstić information content (AvgIpc) is 2.33. The Balaban J connectivity index is 2.04. The maximum absolute atomic E-state index is 12.2. The lowest BCUT2D eigenvalue weighted by Gasteiger charge is -2.34. The van der Waals surface area contributed by atoms with Crippen molar-refractivity contribution in [3.63, 3.8) is 0 Å². The molecule has 2 unspecified atom stereocenters. The molecule has 1 heterocycles. The first-order chi connectivity index (χ1) is 8.18. The summed E-state index contributed by atoms with van der Waals surface area (Å²) in [6, 6.07) is 10.1. The Labute approximate surface area is 103 Å². The molecule has 1 aliphatic heterocycles. The van der Waals surface area contributed by atoms with Crippen molar-refractivity contribution in [2.45, 2.75) is 32.4 Å². The van der Waals surface area contributed by atoms with Gasteiger partial charge in [0.25, 0.3) is 0 Å². The highest BCUT2D eigenvalue weighted by molar-refractivity contribution is 5.80. The van der Waals surface area contributed by atoms with E-state index in [2.05, 4.69) is 12.1 Å². The molecule has 92 valence electrons. The minimum atomic E-state index is -0.0407. The van der Waals surface area contributed by atoms with Crippen LogP contribution >= 0.6 is 0 Å². The van der Waals surface area contributed by atoms with Crippen molar-refractivity contribution in [3.8, 4) is 0 Å². The second-order valence-corrected chi connectivity index (χ2v) is 4.85. The fourth-order valence-electron chi connectivity index (χ4n) is 2.42. The zero-order chi connectivity index (χ0) is 12.3. The molecule has 17 heavy (non-hydrogen) atoms. The Morgan fingerprint density at radius 1 is 1.41 bits per heavy atom. The van der Waals surface area contributed by atoms with Gasteiger partial charge in [0, 0.05) is 19.1 Å². The van der Waals surface area contributed by atoms with Crippen LogP contribution in [0.1, 0.15) is 25.3 Å². The van der Waals surface area contributed by atoms with Gasteiger partial charge in [-0.2, -0.15) is 0 Å². The number of nitrogens with zero attached hydrogens (tertiary/aromatic N) is 1. The van der Waals surface area contributed by atoms with Gasteiger partial charge in [-0.25, -0.2) is 0 Å². The van der Waals surface area contributed by atoms with Crippen molar-refractivity contribution in [2.75, 3.05) is 6.54 Å². The van der Waals surface area contributed by atoms with E-state index in [-0.39, 0.29) is 17.9 Å². The van der Waals surface area contributed by atoms with Crippen LogP contribution in [0.5, 0.6) is 0 Å². The SMILES string of the molecule is CC(N)C1CCCN(Cc2ccccc2)C1=O. The third-order valence-electron chi connectivity index (χ3n) is 3.42. The largest absolute Gasteiger partial charge is 0.338 e. The second-order valence-electron chi connectivity index (χ2n) is 4.85. The Kier molecular flexibility index (Phi) is 3.79. The molecule has 1 aromatic rings. The number of carbonyl (C=O) groups excluding carboxylic acids is 1. The first kappa shape index (κ1) is 12.1. The van der Waals surface area contributed by atoms with Crippen LogP contribution < -0.4 is 5.73 Å². The quantitative estimate of drug-likeness (QED) is 0.863. The van der Waals surface area contributed by atoms with E-state index in [1.165, 1.54) is 5.56 Å². The lowest BCUT2D eigenvalue weighted by atomic mass is 9.91.